The fourth-order valence-electron chi connectivity index (χ4n) is 1.56. The van der Waals surface area contributed by atoms with E-state index in [9.17, 15) is 0 Å². The molecule has 0 N–H and O–H groups in total. The molecule has 0 radical (unpaired) electrons. The summed E-state index contributed by atoms with van der Waals surface area (Å²) in [6, 6.07) is 0. The Kier molecular flexibility index (Phi) is 1.57. The monoisotopic (exact) mass is 148 g/mol. The van der Waals surface area contributed by atoms with Crippen LogP contribution in [-0.4, -0.2) is 6.10 Å². The largest absolute Gasteiger partial charge is 0.493 e. The van der Waals surface area contributed by atoms with Gasteiger partial charge in [-0.2, -0.15) is 0 Å². The smallest absolute Gasteiger partial charge is 0.124 e. The fourth-order valence-corrected chi connectivity index (χ4v) is 1.56. The number of rotatable bonds is 2. The Hall–Kier alpha value is -0.980. The highest BCUT2D eigenvalue weighted by molar-refractivity contribution is 5.51. The molecule has 58 valence electrons. The summed E-state index contributed by atoms with van der Waals surface area (Å²) < 4.78 is 5.48. The van der Waals surface area contributed by atoms with Crippen molar-refractivity contribution in [2.45, 2.75) is 25.9 Å². The molecular weight excluding hydrogens is 136 g/mol. The van der Waals surface area contributed by atoms with Crippen LogP contribution in [0.3, 0.4) is 0 Å². The third kappa shape index (κ3) is 1.01. The second-order valence-corrected chi connectivity index (χ2v) is 2.97. The number of ether oxygens (including phenoxy) is 1. The van der Waals surface area contributed by atoms with Gasteiger partial charge in [-0.3, -0.25) is 0 Å². The van der Waals surface area contributed by atoms with Crippen molar-refractivity contribution in [1.82, 2.24) is 0 Å². The van der Waals surface area contributed by atoms with Crippen LogP contribution < -0.4 is 0 Å². The molecule has 2 aliphatic rings. The molecule has 1 atom stereocenters. The summed E-state index contributed by atoms with van der Waals surface area (Å²) in [5.74, 6) is 0. The Morgan fingerprint density at radius 2 is 2.45 bits per heavy atom. The topological polar surface area (TPSA) is 9.23 Å². The van der Waals surface area contributed by atoms with Crippen molar-refractivity contribution in [2.75, 3.05) is 0 Å². The van der Waals surface area contributed by atoms with Crippen LogP contribution in [0.2, 0.25) is 0 Å². The van der Waals surface area contributed by atoms with Crippen molar-refractivity contribution >= 4 is 0 Å². The third-order valence-electron chi connectivity index (χ3n) is 2.14. The van der Waals surface area contributed by atoms with E-state index in [1.807, 2.05) is 6.26 Å². The zero-order valence-corrected chi connectivity index (χ0v) is 6.71. The minimum absolute atomic E-state index is 0.338. The van der Waals surface area contributed by atoms with Crippen LogP contribution in [0, 0.1) is 0 Å². The van der Waals surface area contributed by atoms with Gasteiger partial charge in [-0.05, 0) is 6.42 Å². The van der Waals surface area contributed by atoms with Crippen LogP contribution in [0.4, 0.5) is 0 Å². The van der Waals surface area contributed by atoms with Crippen molar-refractivity contribution < 1.29 is 4.74 Å². The van der Waals surface area contributed by atoms with Crippen LogP contribution in [0.15, 0.2) is 35.6 Å². The lowest BCUT2D eigenvalue weighted by Gasteiger charge is -2.09. The zero-order valence-electron chi connectivity index (χ0n) is 6.71. The number of allylic oxidation sites excluding steroid dienone is 3. The van der Waals surface area contributed by atoms with Gasteiger partial charge < -0.3 is 4.74 Å². The summed E-state index contributed by atoms with van der Waals surface area (Å²) in [4.78, 5) is 0. The highest BCUT2D eigenvalue weighted by atomic mass is 16.5. The van der Waals surface area contributed by atoms with E-state index in [1.165, 1.54) is 17.6 Å². The Bertz CT molecular complexity index is 246. The lowest BCUT2D eigenvalue weighted by molar-refractivity contribution is 0.186. The second-order valence-electron chi connectivity index (χ2n) is 2.97. The Labute approximate surface area is 67.1 Å². The van der Waals surface area contributed by atoms with Gasteiger partial charge in [0.25, 0.3) is 0 Å². The molecule has 11 heavy (non-hydrogen) atoms. The molecule has 0 saturated heterocycles. The van der Waals surface area contributed by atoms with Gasteiger partial charge in [0.1, 0.15) is 6.10 Å². The maximum Gasteiger partial charge on any atom is 0.124 e. The average molecular weight is 148 g/mol. The molecular formula is C10H12O. The van der Waals surface area contributed by atoms with E-state index in [0.717, 1.165) is 6.42 Å². The molecule has 1 heteroatoms. The summed E-state index contributed by atoms with van der Waals surface area (Å²) in [6.07, 6.45) is 10.9. The number of hydrogen-bond acceptors (Lipinski definition) is 1. The summed E-state index contributed by atoms with van der Waals surface area (Å²) in [6.45, 7) is 2.18. The van der Waals surface area contributed by atoms with E-state index in [-0.39, 0.29) is 0 Å². The van der Waals surface area contributed by atoms with Crippen molar-refractivity contribution in [2.24, 2.45) is 0 Å². The molecule has 1 aliphatic carbocycles. The van der Waals surface area contributed by atoms with E-state index in [1.54, 1.807) is 0 Å². The van der Waals surface area contributed by atoms with E-state index < -0.39 is 0 Å². The van der Waals surface area contributed by atoms with Crippen molar-refractivity contribution in [1.29, 1.82) is 0 Å². The summed E-state index contributed by atoms with van der Waals surface area (Å²) in [7, 11) is 0. The Morgan fingerprint density at radius 1 is 1.55 bits per heavy atom. The van der Waals surface area contributed by atoms with E-state index in [0.29, 0.717) is 6.10 Å². The first-order valence-corrected chi connectivity index (χ1v) is 4.16. The van der Waals surface area contributed by atoms with E-state index in [2.05, 4.69) is 25.2 Å². The normalized spacial score (nSPS) is 26.1. The van der Waals surface area contributed by atoms with Gasteiger partial charge in [-0.15, -0.1) is 0 Å². The Balaban J connectivity index is 2.12. The van der Waals surface area contributed by atoms with Gasteiger partial charge >= 0.3 is 0 Å². The van der Waals surface area contributed by atoms with Crippen LogP contribution in [0.5, 0.6) is 0 Å². The minimum Gasteiger partial charge on any atom is -0.493 e. The lowest BCUT2D eigenvalue weighted by atomic mass is 10.0. The highest BCUT2D eigenvalue weighted by Crippen LogP contribution is 2.31. The molecule has 1 unspecified atom stereocenters. The number of fused-ring (bicyclic) bond motifs is 1. The zero-order chi connectivity index (χ0) is 7.68. The summed E-state index contributed by atoms with van der Waals surface area (Å²) >= 11 is 0. The molecule has 0 fully saturated rings. The van der Waals surface area contributed by atoms with Crippen LogP contribution in [-0.2, 0) is 4.74 Å². The molecule has 0 bridgehead atoms. The predicted molar refractivity (Wildman–Crippen MR) is 45.1 cm³/mol. The minimum atomic E-state index is 0.338. The molecule has 1 nitrogen and oxygen atoms in total. The average Bonchev–Trinajstić information content (AvgIpc) is 2.53. The summed E-state index contributed by atoms with van der Waals surface area (Å²) in [5.41, 5.74) is 2.63. The third-order valence-corrected chi connectivity index (χ3v) is 2.14. The highest BCUT2D eigenvalue weighted by Gasteiger charge is 2.23. The van der Waals surface area contributed by atoms with Gasteiger partial charge in [0, 0.05) is 11.1 Å². The van der Waals surface area contributed by atoms with E-state index in [4.69, 9.17) is 4.74 Å². The molecule has 0 aromatic rings. The van der Waals surface area contributed by atoms with Gasteiger partial charge in [0.15, 0.2) is 0 Å². The lowest BCUT2D eigenvalue weighted by Crippen LogP contribution is -2.06. The second kappa shape index (κ2) is 2.57. The standard InChI is InChI=1S/C10H12O/c1-2-4-10-9-6-3-5-8(9)7-11-10/h3,5-7,10H,2,4H2,1H3. The molecule has 0 amide bonds. The van der Waals surface area contributed by atoms with Crippen molar-refractivity contribution in [3.05, 3.63) is 35.6 Å². The first kappa shape index (κ1) is 6.71. The van der Waals surface area contributed by atoms with E-state index >= 15 is 0 Å². The SMILES string of the molecule is CCCC1OC=C2C=CC=C21. The molecule has 0 aromatic heterocycles. The molecule has 0 aromatic carbocycles. The molecule has 0 saturated carbocycles. The molecule has 1 aliphatic heterocycles. The molecule has 2 rings (SSSR count). The maximum atomic E-state index is 5.48. The van der Waals surface area contributed by atoms with Gasteiger partial charge in [0.2, 0.25) is 0 Å². The first-order chi connectivity index (χ1) is 5.42. The van der Waals surface area contributed by atoms with Gasteiger partial charge in [-0.1, -0.05) is 31.6 Å². The first-order valence-electron chi connectivity index (χ1n) is 4.16. The number of hydrogen-bond donors (Lipinski definition) is 0. The van der Waals surface area contributed by atoms with Crippen LogP contribution in [0.25, 0.3) is 0 Å². The quantitative estimate of drug-likeness (QED) is 0.584. The predicted octanol–water partition coefficient (Wildman–Crippen LogP) is 2.57. The van der Waals surface area contributed by atoms with Crippen molar-refractivity contribution in [3.63, 3.8) is 0 Å². The molecule has 0 spiro atoms. The molecule has 1 heterocycles. The van der Waals surface area contributed by atoms with Crippen LogP contribution in [0.1, 0.15) is 19.8 Å². The van der Waals surface area contributed by atoms with Crippen LogP contribution >= 0.6 is 0 Å². The van der Waals surface area contributed by atoms with Crippen molar-refractivity contribution in [3.8, 4) is 0 Å². The summed E-state index contributed by atoms with van der Waals surface area (Å²) in [5, 5.41) is 0. The maximum absolute atomic E-state index is 5.48. The Morgan fingerprint density at radius 3 is 3.27 bits per heavy atom. The van der Waals surface area contributed by atoms with Gasteiger partial charge in [-0.25, -0.2) is 0 Å². The fraction of sp³-hybridized carbons (Fsp3) is 0.400. The van der Waals surface area contributed by atoms with Gasteiger partial charge in [0.05, 0.1) is 6.26 Å².